The zero-order chi connectivity index (χ0) is 35.1. The third kappa shape index (κ3) is 16.7. The molecule has 0 aromatic heterocycles. The SMILES string of the molecule is CCCCCCC(=O)Oc1ccc(OC(=O)C=Cc2ccc(OCCCCCCCCCCCOC(=O)c3cc(N)cc(N)c3)cc2)cc1. The summed E-state index contributed by atoms with van der Waals surface area (Å²) in [5.74, 6) is 0.455. The molecule has 0 aliphatic heterocycles. The van der Waals surface area contributed by atoms with Gasteiger partial charge in [-0.05, 0) is 85.5 Å². The van der Waals surface area contributed by atoms with Gasteiger partial charge in [-0.2, -0.15) is 0 Å². The van der Waals surface area contributed by atoms with Crippen LogP contribution in [0.5, 0.6) is 17.2 Å². The fourth-order valence-electron chi connectivity index (χ4n) is 5.12. The van der Waals surface area contributed by atoms with Gasteiger partial charge in [-0.3, -0.25) is 4.79 Å². The first-order valence-electron chi connectivity index (χ1n) is 17.6. The second-order valence-electron chi connectivity index (χ2n) is 12.1. The van der Waals surface area contributed by atoms with Crippen LogP contribution in [0.2, 0.25) is 0 Å². The summed E-state index contributed by atoms with van der Waals surface area (Å²) in [5, 5.41) is 0. The van der Waals surface area contributed by atoms with Crippen LogP contribution in [-0.2, 0) is 14.3 Å². The van der Waals surface area contributed by atoms with Gasteiger partial charge in [0.25, 0.3) is 0 Å². The van der Waals surface area contributed by atoms with Crippen LogP contribution in [0.25, 0.3) is 6.08 Å². The number of nitrogens with two attached hydrogens (primary N) is 2. The van der Waals surface area contributed by atoms with Crippen molar-refractivity contribution < 1.29 is 33.3 Å². The second kappa shape index (κ2) is 22.7. The summed E-state index contributed by atoms with van der Waals surface area (Å²) < 4.78 is 21.9. The van der Waals surface area contributed by atoms with Crippen LogP contribution in [0.4, 0.5) is 11.4 Å². The van der Waals surface area contributed by atoms with E-state index in [2.05, 4.69) is 6.92 Å². The Morgan fingerprint density at radius 3 is 1.76 bits per heavy atom. The van der Waals surface area contributed by atoms with Crippen LogP contribution in [-0.4, -0.2) is 31.1 Å². The van der Waals surface area contributed by atoms with E-state index in [1.807, 2.05) is 24.3 Å². The molecule has 9 heteroatoms. The molecule has 4 N–H and O–H groups in total. The van der Waals surface area contributed by atoms with Gasteiger partial charge in [-0.25, -0.2) is 9.59 Å². The van der Waals surface area contributed by atoms with E-state index in [9.17, 15) is 14.4 Å². The monoisotopic (exact) mass is 672 g/mol. The molecule has 0 saturated heterocycles. The quantitative estimate of drug-likeness (QED) is 0.0332. The summed E-state index contributed by atoms with van der Waals surface area (Å²) in [4.78, 5) is 36.3. The predicted molar refractivity (Wildman–Crippen MR) is 195 cm³/mol. The molecule has 49 heavy (non-hydrogen) atoms. The fraction of sp³-hybridized carbons (Fsp3) is 0.425. The number of hydrogen-bond donors (Lipinski definition) is 2. The van der Waals surface area contributed by atoms with E-state index in [4.69, 9.17) is 30.4 Å². The summed E-state index contributed by atoms with van der Waals surface area (Å²) in [6.45, 7) is 3.20. The maximum absolute atomic E-state index is 12.3. The van der Waals surface area contributed by atoms with E-state index in [-0.39, 0.29) is 11.9 Å². The van der Waals surface area contributed by atoms with Crippen LogP contribution >= 0.6 is 0 Å². The topological polar surface area (TPSA) is 140 Å². The van der Waals surface area contributed by atoms with E-state index in [1.165, 1.54) is 31.8 Å². The molecule has 3 aromatic rings. The lowest BCUT2D eigenvalue weighted by Crippen LogP contribution is -2.07. The van der Waals surface area contributed by atoms with Crippen LogP contribution in [0.3, 0.4) is 0 Å². The van der Waals surface area contributed by atoms with Crippen molar-refractivity contribution in [3.63, 3.8) is 0 Å². The molecule has 0 radical (unpaired) electrons. The lowest BCUT2D eigenvalue weighted by atomic mass is 10.1. The third-order valence-electron chi connectivity index (χ3n) is 7.80. The highest BCUT2D eigenvalue weighted by Crippen LogP contribution is 2.20. The van der Waals surface area contributed by atoms with Crippen molar-refractivity contribution >= 4 is 35.4 Å². The van der Waals surface area contributed by atoms with Crippen molar-refractivity contribution in [1.82, 2.24) is 0 Å². The van der Waals surface area contributed by atoms with Crippen LogP contribution in [0, 0.1) is 0 Å². The molecule has 0 fully saturated rings. The molecule has 0 unspecified atom stereocenters. The van der Waals surface area contributed by atoms with E-state index < -0.39 is 5.97 Å². The Hall–Kier alpha value is -4.79. The van der Waals surface area contributed by atoms with Gasteiger partial charge in [-0.15, -0.1) is 0 Å². The molecule has 0 heterocycles. The van der Waals surface area contributed by atoms with Gasteiger partial charge in [0.05, 0.1) is 18.8 Å². The normalized spacial score (nSPS) is 11.0. The number of carbonyl (C=O) groups is 3. The average molecular weight is 673 g/mol. The maximum atomic E-state index is 12.3. The first-order valence-corrected chi connectivity index (χ1v) is 17.6. The molecule has 3 rings (SSSR count). The third-order valence-corrected chi connectivity index (χ3v) is 7.80. The molecule has 0 bridgehead atoms. The summed E-state index contributed by atoms with van der Waals surface area (Å²) in [6, 6.07) is 18.8. The highest BCUT2D eigenvalue weighted by molar-refractivity contribution is 5.91. The summed E-state index contributed by atoms with van der Waals surface area (Å²) in [5.41, 5.74) is 13.6. The van der Waals surface area contributed by atoms with E-state index in [0.29, 0.717) is 48.1 Å². The van der Waals surface area contributed by atoms with Gasteiger partial charge in [0.2, 0.25) is 0 Å². The first kappa shape index (κ1) is 38.7. The van der Waals surface area contributed by atoms with E-state index >= 15 is 0 Å². The van der Waals surface area contributed by atoms with Crippen LogP contribution in [0.1, 0.15) is 113 Å². The molecule has 0 amide bonds. The summed E-state index contributed by atoms with van der Waals surface area (Å²) >= 11 is 0. The van der Waals surface area contributed by atoms with Crippen molar-refractivity contribution in [3.8, 4) is 17.2 Å². The molecule has 0 aliphatic rings. The van der Waals surface area contributed by atoms with Gasteiger partial charge in [0, 0.05) is 23.9 Å². The molecule has 0 aliphatic carbocycles. The average Bonchev–Trinajstić information content (AvgIpc) is 3.08. The van der Waals surface area contributed by atoms with Gasteiger partial charge < -0.3 is 30.4 Å². The highest BCUT2D eigenvalue weighted by atomic mass is 16.5. The van der Waals surface area contributed by atoms with Gasteiger partial charge in [0.15, 0.2) is 0 Å². The van der Waals surface area contributed by atoms with Gasteiger partial charge in [-0.1, -0.05) is 83.3 Å². The number of anilines is 2. The molecule has 9 nitrogen and oxygen atoms in total. The minimum atomic E-state index is -0.499. The molecule has 0 saturated carbocycles. The van der Waals surface area contributed by atoms with Crippen LogP contribution < -0.4 is 25.7 Å². The maximum Gasteiger partial charge on any atom is 0.338 e. The zero-order valence-corrected chi connectivity index (χ0v) is 28.8. The smallest absolute Gasteiger partial charge is 0.338 e. The molecule has 0 atom stereocenters. The molecular formula is C40H52N2O7. The van der Waals surface area contributed by atoms with Gasteiger partial charge >= 0.3 is 17.9 Å². The van der Waals surface area contributed by atoms with Crippen molar-refractivity contribution in [1.29, 1.82) is 0 Å². The van der Waals surface area contributed by atoms with E-state index in [0.717, 1.165) is 69.1 Å². The Morgan fingerprint density at radius 1 is 0.612 bits per heavy atom. The van der Waals surface area contributed by atoms with Crippen molar-refractivity contribution in [3.05, 3.63) is 83.9 Å². The molecular weight excluding hydrogens is 620 g/mol. The molecule has 3 aromatic carbocycles. The Bertz CT molecular complexity index is 1430. The standard InChI is InChI=1S/C40H52N2O7/c1-2-3-4-12-15-38(43)48-36-21-23-37(24-22-36)49-39(44)25-18-31-16-19-35(20-17-31)46-26-13-10-8-6-5-7-9-11-14-27-47-40(45)32-28-33(41)30-34(42)29-32/h16-25,28-30H,2-15,26-27,41-42H2,1H3. The van der Waals surface area contributed by atoms with Crippen molar-refractivity contribution in [2.24, 2.45) is 0 Å². The zero-order valence-electron chi connectivity index (χ0n) is 28.8. The number of hydrogen-bond acceptors (Lipinski definition) is 9. The Balaban J connectivity index is 1.17. The summed E-state index contributed by atoms with van der Waals surface area (Å²) in [6.07, 6.45) is 17.4. The van der Waals surface area contributed by atoms with Gasteiger partial charge in [0.1, 0.15) is 17.2 Å². The molecule has 0 spiro atoms. The fourth-order valence-corrected chi connectivity index (χ4v) is 5.12. The van der Waals surface area contributed by atoms with Crippen molar-refractivity contribution in [2.75, 3.05) is 24.7 Å². The lowest BCUT2D eigenvalue weighted by molar-refractivity contribution is -0.134. The number of nitrogen functional groups attached to an aromatic ring is 2. The number of benzene rings is 3. The Labute approximate surface area is 291 Å². The Kier molecular flexibility index (Phi) is 17.9. The van der Waals surface area contributed by atoms with Crippen molar-refractivity contribution in [2.45, 2.75) is 96.8 Å². The lowest BCUT2D eigenvalue weighted by Gasteiger charge is -2.07. The molecule has 264 valence electrons. The number of ether oxygens (including phenoxy) is 4. The van der Waals surface area contributed by atoms with E-state index in [1.54, 1.807) is 48.5 Å². The number of carbonyl (C=O) groups excluding carboxylic acids is 3. The Morgan fingerprint density at radius 2 is 1.14 bits per heavy atom. The predicted octanol–water partition coefficient (Wildman–Crippen LogP) is 9.09. The van der Waals surface area contributed by atoms with Crippen LogP contribution in [0.15, 0.2) is 72.8 Å². The highest BCUT2D eigenvalue weighted by Gasteiger charge is 2.09. The second-order valence-corrected chi connectivity index (χ2v) is 12.1. The number of rotatable bonds is 23. The number of esters is 3. The number of unbranched alkanes of at least 4 members (excludes halogenated alkanes) is 11. The summed E-state index contributed by atoms with van der Waals surface area (Å²) in [7, 11) is 0. The minimum Gasteiger partial charge on any atom is -0.494 e. The first-order chi connectivity index (χ1) is 23.8. The largest absolute Gasteiger partial charge is 0.494 e. The minimum absolute atomic E-state index is 0.256.